The number of amides is 1. The van der Waals surface area contributed by atoms with Gasteiger partial charge in [-0.1, -0.05) is 18.2 Å². The molecular formula is C15H21NO3. The quantitative estimate of drug-likeness (QED) is 0.855. The van der Waals surface area contributed by atoms with Gasteiger partial charge in [-0.25, -0.2) is 0 Å². The zero-order chi connectivity index (χ0) is 13.5. The fraction of sp³-hybridized carbons (Fsp3) is 0.533. The first-order chi connectivity index (χ1) is 9.29. The molecule has 4 nitrogen and oxygen atoms in total. The molecule has 1 aliphatic rings. The Kier molecular flexibility index (Phi) is 5.21. The average Bonchev–Trinajstić information content (AvgIpc) is 2.85. The summed E-state index contributed by atoms with van der Waals surface area (Å²) in [7, 11) is 1.60. The minimum absolute atomic E-state index is 0.0374. The van der Waals surface area contributed by atoms with Crippen LogP contribution in [-0.4, -0.2) is 31.8 Å². The first-order valence-corrected chi connectivity index (χ1v) is 6.79. The number of hydrogen-bond donors (Lipinski definition) is 1. The maximum absolute atomic E-state index is 11.7. The third-order valence-electron chi connectivity index (χ3n) is 3.36. The van der Waals surface area contributed by atoms with Crippen molar-refractivity contribution in [1.82, 2.24) is 5.32 Å². The van der Waals surface area contributed by atoms with Gasteiger partial charge in [0.05, 0.1) is 12.6 Å². The molecule has 0 aliphatic heterocycles. The van der Waals surface area contributed by atoms with Crippen LogP contribution in [0.4, 0.5) is 0 Å². The smallest absolute Gasteiger partial charge is 0.222 e. The molecule has 0 spiro atoms. The van der Waals surface area contributed by atoms with Gasteiger partial charge in [0.15, 0.2) is 0 Å². The number of carbonyl (C=O) groups excluding carboxylic acids is 1. The summed E-state index contributed by atoms with van der Waals surface area (Å²) in [6.45, 7) is 0.461. The van der Waals surface area contributed by atoms with Gasteiger partial charge in [0, 0.05) is 13.5 Å². The van der Waals surface area contributed by atoms with E-state index < -0.39 is 0 Å². The van der Waals surface area contributed by atoms with Crippen molar-refractivity contribution in [2.75, 3.05) is 13.7 Å². The van der Waals surface area contributed by atoms with Gasteiger partial charge in [-0.15, -0.1) is 0 Å². The highest BCUT2D eigenvalue weighted by Crippen LogP contribution is 2.24. The number of rotatable bonds is 6. The lowest BCUT2D eigenvalue weighted by atomic mass is 10.2. The largest absolute Gasteiger partial charge is 0.488 e. The van der Waals surface area contributed by atoms with E-state index in [1.165, 1.54) is 0 Å². The van der Waals surface area contributed by atoms with Crippen molar-refractivity contribution in [3.05, 3.63) is 30.3 Å². The molecule has 0 saturated heterocycles. The van der Waals surface area contributed by atoms with Crippen LogP contribution in [0.15, 0.2) is 30.3 Å². The summed E-state index contributed by atoms with van der Waals surface area (Å²) in [6.07, 6.45) is 3.55. The minimum atomic E-state index is 0.0374. The molecule has 1 aliphatic carbocycles. The molecule has 1 N–H and O–H groups in total. The molecule has 0 unspecified atom stereocenters. The van der Waals surface area contributed by atoms with Crippen LogP contribution in [0.1, 0.15) is 25.7 Å². The molecule has 0 aromatic heterocycles. The molecule has 1 fully saturated rings. The molecular weight excluding hydrogens is 242 g/mol. The molecule has 1 aromatic rings. The van der Waals surface area contributed by atoms with Crippen molar-refractivity contribution in [2.45, 2.75) is 37.8 Å². The average molecular weight is 263 g/mol. The fourth-order valence-electron chi connectivity index (χ4n) is 2.38. The van der Waals surface area contributed by atoms with E-state index in [2.05, 4.69) is 5.32 Å². The third kappa shape index (κ3) is 4.24. The van der Waals surface area contributed by atoms with Crippen molar-refractivity contribution in [3.63, 3.8) is 0 Å². The van der Waals surface area contributed by atoms with Gasteiger partial charge in [-0.05, 0) is 31.4 Å². The lowest BCUT2D eigenvalue weighted by molar-refractivity contribution is -0.123. The Balaban J connectivity index is 1.85. The molecule has 1 amide bonds. The van der Waals surface area contributed by atoms with Crippen LogP contribution in [-0.2, 0) is 9.53 Å². The van der Waals surface area contributed by atoms with Crippen molar-refractivity contribution >= 4 is 5.91 Å². The van der Waals surface area contributed by atoms with E-state index in [0.29, 0.717) is 13.0 Å². The zero-order valence-electron chi connectivity index (χ0n) is 11.3. The van der Waals surface area contributed by atoms with Gasteiger partial charge in [0.1, 0.15) is 11.9 Å². The Morgan fingerprint density at radius 3 is 2.84 bits per heavy atom. The molecule has 1 saturated carbocycles. The van der Waals surface area contributed by atoms with E-state index in [4.69, 9.17) is 9.47 Å². The molecule has 4 heteroatoms. The number of ether oxygens (including phenoxy) is 2. The number of para-hydroxylation sites is 1. The second kappa shape index (κ2) is 7.14. The minimum Gasteiger partial charge on any atom is -0.488 e. The summed E-state index contributed by atoms with van der Waals surface area (Å²) in [5, 5.41) is 3.04. The van der Waals surface area contributed by atoms with Gasteiger partial charge >= 0.3 is 0 Å². The lowest BCUT2D eigenvalue weighted by Gasteiger charge is -2.22. The summed E-state index contributed by atoms with van der Waals surface area (Å²) < 4.78 is 10.9. The molecule has 0 bridgehead atoms. The van der Waals surface area contributed by atoms with E-state index in [-0.39, 0.29) is 18.1 Å². The Morgan fingerprint density at radius 2 is 2.11 bits per heavy atom. The van der Waals surface area contributed by atoms with E-state index in [1.807, 2.05) is 30.3 Å². The predicted molar refractivity (Wildman–Crippen MR) is 73.1 cm³/mol. The van der Waals surface area contributed by atoms with Crippen LogP contribution in [0.3, 0.4) is 0 Å². The molecule has 19 heavy (non-hydrogen) atoms. The van der Waals surface area contributed by atoms with E-state index in [0.717, 1.165) is 25.0 Å². The van der Waals surface area contributed by atoms with Gasteiger partial charge in [-0.3, -0.25) is 4.79 Å². The molecule has 1 aromatic carbocycles. The Hall–Kier alpha value is -1.55. The molecule has 2 atom stereocenters. The van der Waals surface area contributed by atoms with Crippen molar-refractivity contribution in [3.8, 4) is 5.75 Å². The molecule has 0 heterocycles. The van der Waals surface area contributed by atoms with Gasteiger partial charge in [0.25, 0.3) is 0 Å². The summed E-state index contributed by atoms with van der Waals surface area (Å²) in [5.41, 5.74) is 0. The van der Waals surface area contributed by atoms with Crippen LogP contribution >= 0.6 is 0 Å². The Morgan fingerprint density at radius 1 is 1.32 bits per heavy atom. The number of methoxy groups -OCH3 is 1. The number of nitrogens with one attached hydrogen (secondary N) is 1. The summed E-state index contributed by atoms with van der Waals surface area (Å²) >= 11 is 0. The maximum Gasteiger partial charge on any atom is 0.222 e. The zero-order valence-corrected chi connectivity index (χ0v) is 11.3. The summed E-state index contributed by atoms with van der Waals surface area (Å²) in [4.78, 5) is 11.7. The summed E-state index contributed by atoms with van der Waals surface area (Å²) in [5.74, 6) is 0.904. The van der Waals surface area contributed by atoms with E-state index in [9.17, 15) is 4.79 Å². The van der Waals surface area contributed by atoms with Crippen LogP contribution < -0.4 is 10.1 Å². The van der Waals surface area contributed by atoms with Crippen molar-refractivity contribution in [2.24, 2.45) is 0 Å². The SMILES string of the molecule is COCCC(=O)N[C@H]1CCC[C@@H]1Oc1ccccc1. The maximum atomic E-state index is 11.7. The van der Waals surface area contributed by atoms with Gasteiger partial charge in [-0.2, -0.15) is 0 Å². The highest BCUT2D eigenvalue weighted by atomic mass is 16.5. The van der Waals surface area contributed by atoms with E-state index >= 15 is 0 Å². The predicted octanol–water partition coefficient (Wildman–Crippen LogP) is 2.14. The van der Waals surface area contributed by atoms with Crippen LogP contribution in [0.2, 0.25) is 0 Å². The molecule has 2 rings (SSSR count). The second-order valence-electron chi connectivity index (χ2n) is 4.82. The first kappa shape index (κ1) is 13.9. The van der Waals surface area contributed by atoms with Gasteiger partial charge in [0.2, 0.25) is 5.91 Å². The monoisotopic (exact) mass is 263 g/mol. The highest BCUT2D eigenvalue weighted by Gasteiger charge is 2.30. The summed E-state index contributed by atoms with van der Waals surface area (Å²) in [6, 6.07) is 9.88. The molecule has 0 radical (unpaired) electrons. The Labute approximate surface area is 114 Å². The number of carbonyl (C=O) groups is 1. The van der Waals surface area contributed by atoms with Crippen LogP contribution in [0.5, 0.6) is 5.75 Å². The van der Waals surface area contributed by atoms with E-state index in [1.54, 1.807) is 7.11 Å². The number of benzene rings is 1. The standard InChI is InChI=1S/C15H21NO3/c1-18-11-10-15(17)16-13-8-5-9-14(13)19-12-6-3-2-4-7-12/h2-4,6-7,13-14H,5,8-11H2,1H3,(H,16,17)/t13-,14-/m0/s1. The highest BCUT2D eigenvalue weighted by molar-refractivity contribution is 5.76. The second-order valence-corrected chi connectivity index (χ2v) is 4.82. The third-order valence-corrected chi connectivity index (χ3v) is 3.36. The number of hydrogen-bond acceptors (Lipinski definition) is 3. The van der Waals surface area contributed by atoms with Gasteiger partial charge < -0.3 is 14.8 Å². The molecule has 104 valence electrons. The Bertz CT molecular complexity index is 394. The normalized spacial score (nSPS) is 22.2. The van der Waals surface area contributed by atoms with Crippen molar-refractivity contribution in [1.29, 1.82) is 0 Å². The fourth-order valence-corrected chi connectivity index (χ4v) is 2.38. The topological polar surface area (TPSA) is 47.6 Å². The van der Waals surface area contributed by atoms with Crippen molar-refractivity contribution < 1.29 is 14.3 Å². The lowest BCUT2D eigenvalue weighted by Crippen LogP contribution is -2.42. The van der Waals surface area contributed by atoms with Crippen LogP contribution in [0, 0.1) is 0 Å². The first-order valence-electron chi connectivity index (χ1n) is 6.79. The van der Waals surface area contributed by atoms with Crippen LogP contribution in [0.25, 0.3) is 0 Å².